The topological polar surface area (TPSA) is 81.2 Å². The Morgan fingerprint density at radius 2 is 1.77 bits per heavy atom. The SMILES string of the molecule is Cc1nn(-c2ccccc2)c(C)c1C[NH+](C)Cc1nc2c(oc3ccccc32)c(=O)[nH]1. The van der Waals surface area contributed by atoms with Gasteiger partial charge in [0.05, 0.1) is 29.7 Å². The molecule has 0 amide bonds. The van der Waals surface area contributed by atoms with Gasteiger partial charge in [-0.1, -0.05) is 30.3 Å². The van der Waals surface area contributed by atoms with Crippen LogP contribution in [0, 0.1) is 13.8 Å². The maximum atomic E-state index is 12.6. The molecule has 31 heavy (non-hydrogen) atoms. The molecule has 2 aromatic carbocycles. The highest BCUT2D eigenvalue weighted by Crippen LogP contribution is 2.24. The second kappa shape index (κ2) is 7.52. The summed E-state index contributed by atoms with van der Waals surface area (Å²) in [7, 11) is 2.09. The number of aryl methyl sites for hydroxylation is 1. The fraction of sp³-hybridized carbons (Fsp3) is 0.208. The van der Waals surface area contributed by atoms with E-state index in [0.29, 0.717) is 23.5 Å². The van der Waals surface area contributed by atoms with Gasteiger partial charge in [0.25, 0.3) is 5.56 Å². The number of hydrogen-bond donors (Lipinski definition) is 2. The highest BCUT2D eigenvalue weighted by molar-refractivity contribution is 6.01. The van der Waals surface area contributed by atoms with Crippen LogP contribution in [0.25, 0.3) is 27.8 Å². The number of nitrogens with one attached hydrogen (secondary N) is 2. The summed E-state index contributed by atoms with van der Waals surface area (Å²) in [5.74, 6) is 0.646. The van der Waals surface area contributed by atoms with Gasteiger partial charge in [-0.2, -0.15) is 5.10 Å². The molecule has 0 radical (unpaired) electrons. The lowest BCUT2D eigenvalue weighted by Gasteiger charge is -2.14. The van der Waals surface area contributed by atoms with Crippen LogP contribution in [-0.4, -0.2) is 26.8 Å². The highest BCUT2D eigenvalue weighted by Gasteiger charge is 2.19. The van der Waals surface area contributed by atoms with Crippen molar-refractivity contribution in [2.24, 2.45) is 0 Å². The molecule has 0 saturated heterocycles. The highest BCUT2D eigenvalue weighted by atomic mass is 16.3. The zero-order chi connectivity index (χ0) is 21.5. The van der Waals surface area contributed by atoms with Crippen molar-refractivity contribution in [1.82, 2.24) is 19.7 Å². The zero-order valence-electron chi connectivity index (χ0n) is 17.8. The first kappa shape index (κ1) is 19.3. The molecule has 1 atom stereocenters. The number of quaternary nitrogens is 1. The van der Waals surface area contributed by atoms with Crippen molar-refractivity contribution < 1.29 is 9.32 Å². The number of rotatable bonds is 5. The molecule has 0 aliphatic rings. The van der Waals surface area contributed by atoms with Gasteiger partial charge < -0.3 is 14.3 Å². The number of aromatic amines is 1. The Labute approximate surface area is 178 Å². The van der Waals surface area contributed by atoms with Crippen molar-refractivity contribution in [2.75, 3.05) is 7.05 Å². The summed E-state index contributed by atoms with van der Waals surface area (Å²) >= 11 is 0. The molecule has 7 nitrogen and oxygen atoms in total. The molecule has 3 heterocycles. The Hall–Kier alpha value is -3.71. The Morgan fingerprint density at radius 3 is 2.58 bits per heavy atom. The lowest BCUT2D eigenvalue weighted by atomic mass is 10.2. The maximum absolute atomic E-state index is 12.6. The largest absolute Gasteiger partial charge is 0.449 e. The van der Waals surface area contributed by atoms with Crippen LogP contribution in [0.1, 0.15) is 22.8 Å². The van der Waals surface area contributed by atoms with Crippen LogP contribution < -0.4 is 10.5 Å². The molecule has 0 fully saturated rings. The number of fused-ring (bicyclic) bond motifs is 3. The fourth-order valence-corrected chi connectivity index (χ4v) is 4.13. The summed E-state index contributed by atoms with van der Waals surface area (Å²) in [4.78, 5) is 21.4. The van der Waals surface area contributed by atoms with Crippen LogP contribution in [0.2, 0.25) is 0 Å². The number of H-pyrrole nitrogens is 1. The van der Waals surface area contributed by atoms with Crippen molar-refractivity contribution in [1.29, 1.82) is 0 Å². The van der Waals surface area contributed by atoms with E-state index in [0.717, 1.165) is 29.0 Å². The molecule has 0 saturated carbocycles. The number of benzene rings is 2. The number of hydrogen-bond acceptors (Lipinski definition) is 4. The summed E-state index contributed by atoms with van der Waals surface area (Å²) in [6.07, 6.45) is 0. The van der Waals surface area contributed by atoms with Crippen LogP contribution in [0.5, 0.6) is 0 Å². The summed E-state index contributed by atoms with van der Waals surface area (Å²) in [6.45, 7) is 5.50. The van der Waals surface area contributed by atoms with Gasteiger partial charge in [-0.05, 0) is 38.1 Å². The number of aromatic nitrogens is 4. The van der Waals surface area contributed by atoms with Gasteiger partial charge in [0.2, 0.25) is 5.58 Å². The van der Waals surface area contributed by atoms with E-state index in [4.69, 9.17) is 14.5 Å². The summed E-state index contributed by atoms with van der Waals surface area (Å²) < 4.78 is 7.68. The third-order valence-electron chi connectivity index (χ3n) is 5.67. The average Bonchev–Trinajstić information content (AvgIpc) is 3.27. The predicted molar refractivity (Wildman–Crippen MR) is 119 cm³/mol. The van der Waals surface area contributed by atoms with Crippen LogP contribution >= 0.6 is 0 Å². The predicted octanol–water partition coefficient (Wildman–Crippen LogP) is 2.69. The lowest BCUT2D eigenvalue weighted by molar-refractivity contribution is -0.908. The van der Waals surface area contributed by atoms with Crippen LogP contribution in [-0.2, 0) is 13.1 Å². The number of nitrogens with zero attached hydrogens (tertiary/aromatic N) is 3. The molecule has 0 aliphatic heterocycles. The third kappa shape index (κ3) is 3.43. The van der Waals surface area contributed by atoms with Gasteiger partial charge in [0.15, 0.2) is 5.82 Å². The van der Waals surface area contributed by atoms with Crippen molar-refractivity contribution in [3.8, 4) is 5.69 Å². The van der Waals surface area contributed by atoms with Crippen LogP contribution in [0.4, 0.5) is 0 Å². The molecular weight excluding hydrogens is 390 g/mol. The second-order valence-electron chi connectivity index (χ2n) is 8.00. The minimum absolute atomic E-state index is 0.242. The standard InChI is InChI=1S/C24H23N5O2/c1-15-19(16(2)29(27-15)17-9-5-4-6-10-17)13-28(3)14-21-25-22-18-11-7-8-12-20(18)31-23(22)24(30)26-21/h4-12H,13-14H2,1-3H3,(H,25,26,30)/p+1. The second-order valence-corrected chi connectivity index (χ2v) is 8.00. The van der Waals surface area contributed by atoms with E-state index in [2.05, 4.69) is 31.1 Å². The molecule has 2 N–H and O–H groups in total. The summed E-state index contributed by atoms with van der Waals surface area (Å²) in [5, 5.41) is 5.60. The van der Waals surface area contributed by atoms with E-state index in [1.807, 2.05) is 54.1 Å². The maximum Gasteiger partial charge on any atom is 0.294 e. The van der Waals surface area contributed by atoms with E-state index in [1.54, 1.807) is 0 Å². The van der Waals surface area contributed by atoms with Gasteiger partial charge in [-0.15, -0.1) is 0 Å². The Bertz CT molecular complexity index is 1450. The van der Waals surface area contributed by atoms with Gasteiger partial charge in [0, 0.05) is 5.39 Å². The third-order valence-corrected chi connectivity index (χ3v) is 5.67. The molecule has 7 heteroatoms. The normalized spacial score (nSPS) is 12.6. The van der Waals surface area contributed by atoms with Crippen molar-refractivity contribution >= 4 is 22.1 Å². The van der Waals surface area contributed by atoms with E-state index in [1.165, 1.54) is 10.5 Å². The minimum Gasteiger partial charge on any atom is -0.449 e. The van der Waals surface area contributed by atoms with Crippen LogP contribution in [0.3, 0.4) is 0 Å². The molecule has 5 aromatic rings. The van der Waals surface area contributed by atoms with Gasteiger partial charge in [0.1, 0.15) is 24.2 Å². The first-order valence-electron chi connectivity index (χ1n) is 10.3. The molecule has 0 spiro atoms. The molecule has 156 valence electrons. The Morgan fingerprint density at radius 1 is 1.03 bits per heavy atom. The summed E-state index contributed by atoms with van der Waals surface area (Å²) in [5.41, 5.74) is 5.72. The van der Waals surface area contributed by atoms with E-state index >= 15 is 0 Å². The Kier molecular flexibility index (Phi) is 4.67. The quantitative estimate of drug-likeness (QED) is 0.463. The Balaban J connectivity index is 1.43. The average molecular weight is 414 g/mol. The molecule has 0 aliphatic carbocycles. The number of para-hydroxylation sites is 2. The van der Waals surface area contributed by atoms with Crippen LogP contribution in [0.15, 0.2) is 63.8 Å². The molecule has 3 aromatic heterocycles. The van der Waals surface area contributed by atoms with Gasteiger partial charge in [-0.3, -0.25) is 4.79 Å². The van der Waals surface area contributed by atoms with Crippen molar-refractivity contribution in [3.63, 3.8) is 0 Å². The summed E-state index contributed by atoms with van der Waals surface area (Å²) in [6, 6.07) is 17.7. The van der Waals surface area contributed by atoms with Gasteiger partial charge in [-0.25, -0.2) is 9.67 Å². The molecule has 0 bridgehead atoms. The van der Waals surface area contributed by atoms with E-state index in [-0.39, 0.29) is 11.1 Å². The fourth-order valence-electron chi connectivity index (χ4n) is 4.13. The monoisotopic (exact) mass is 414 g/mol. The molecular formula is C24H24N5O2+. The number of furan rings is 1. The molecule has 1 unspecified atom stereocenters. The first-order valence-corrected chi connectivity index (χ1v) is 10.3. The van der Waals surface area contributed by atoms with Crippen molar-refractivity contribution in [3.05, 3.63) is 87.7 Å². The zero-order valence-corrected chi connectivity index (χ0v) is 17.8. The van der Waals surface area contributed by atoms with Gasteiger partial charge >= 0.3 is 0 Å². The van der Waals surface area contributed by atoms with E-state index in [9.17, 15) is 4.79 Å². The van der Waals surface area contributed by atoms with Crippen molar-refractivity contribution in [2.45, 2.75) is 26.9 Å². The molecule has 5 rings (SSSR count). The minimum atomic E-state index is -0.242. The lowest BCUT2D eigenvalue weighted by Crippen LogP contribution is -3.06. The smallest absolute Gasteiger partial charge is 0.294 e. The first-order chi connectivity index (χ1) is 15.0. The van der Waals surface area contributed by atoms with E-state index < -0.39 is 0 Å².